The van der Waals surface area contributed by atoms with Crippen molar-refractivity contribution >= 4 is 23.1 Å². The first kappa shape index (κ1) is 23.5. The lowest BCUT2D eigenvalue weighted by atomic mass is 10.0. The van der Waals surface area contributed by atoms with Gasteiger partial charge in [-0.05, 0) is 61.4 Å². The Morgan fingerprint density at radius 3 is 2.59 bits per heavy atom. The Labute approximate surface area is 210 Å². The van der Waals surface area contributed by atoms with Gasteiger partial charge in [0, 0.05) is 6.20 Å². The number of nitrogens with two attached hydrogens (primary N) is 1. The SMILES string of the molecule is Cc1ccn2nc([C@H](C)Nc3ncnc(N)c3-c3cc(O)cc(C(=O)O)c3)n(-c3ccccc3)c(=O)c12. The van der Waals surface area contributed by atoms with Crippen molar-refractivity contribution in [3.8, 4) is 22.6 Å². The highest BCUT2D eigenvalue weighted by molar-refractivity contribution is 5.92. The number of phenolic OH excluding ortho intramolecular Hbond substituents is 1. The minimum Gasteiger partial charge on any atom is -0.508 e. The fraction of sp³-hybridized carbons (Fsp3) is 0.115. The Hall–Kier alpha value is -5.19. The molecule has 11 nitrogen and oxygen atoms in total. The summed E-state index contributed by atoms with van der Waals surface area (Å²) in [5.74, 6) is -0.687. The summed E-state index contributed by atoms with van der Waals surface area (Å²) in [5, 5.41) is 27.5. The number of rotatable bonds is 6. The number of para-hydroxylation sites is 1. The number of anilines is 2. The molecule has 0 fully saturated rings. The van der Waals surface area contributed by atoms with E-state index in [1.165, 1.54) is 18.5 Å². The molecule has 5 rings (SSSR count). The van der Waals surface area contributed by atoms with Gasteiger partial charge in [0.05, 0.1) is 22.9 Å². The summed E-state index contributed by atoms with van der Waals surface area (Å²) in [6, 6.07) is 14.3. The highest BCUT2D eigenvalue weighted by atomic mass is 16.4. The van der Waals surface area contributed by atoms with Crippen LogP contribution < -0.4 is 16.6 Å². The van der Waals surface area contributed by atoms with Gasteiger partial charge in [-0.2, -0.15) is 5.10 Å². The molecule has 0 aliphatic carbocycles. The van der Waals surface area contributed by atoms with Gasteiger partial charge in [-0.25, -0.2) is 19.3 Å². The third kappa shape index (κ3) is 4.22. The van der Waals surface area contributed by atoms with E-state index in [4.69, 9.17) is 10.8 Å². The lowest BCUT2D eigenvalue weighted by Gasteiger charge is -2.21. The maximum atomic E-state index is 13.6. The Morgan fingerprint density at radius 1 is 1.11 bits per heavy atom. The highest BCUT2D eigenvalue weighted by Crippen LogP contribution is 2.35. The lowest BCUT2D eigenvalue weighted by molar-refractivity contribution is 0.0696. The molecule has 0 unspecified atom stereocenters. The van der Waals surface area contributed by atoms with Crippen molar-refractivity contribution < 1.29 is 15.0 Å². The number of nitrogen functional groups attached to an aromatic ring is 1. The minimum atomic E-state index is -1.21. The number of nitrogens with zero attached hydrogens (tertiary/aromatic N) is 5. The van der Waals surface area contributed by atoms with Crippen molar-refractivity contribution in [3.05, 3.63) is 94.4 Å². The molecule has 5 aromatic rings. The van der Waals surface area contributed by atoms with Gasteiger partial charge in [0.1, 0.15) is 29.2 Å². The first-order valence-corrected chi connectivity index (χ1v) is 11.4. The van der Waals surface area contributed by atoms with E-state index in [1.807, 2.05) is 50.2 Å². The van der Waals surface area contributed by atoms with Crippen molar-refractivity contribution in [3.63, 3.8) is 0 Å². The zero-order valence-corrected chi connectivity index (χ0v) is 20.0. The number of hydrogen-bond acceptors (Lipinski definition) is 8. The summed E-state index contributed by atoms with van der Waals surface area (Å²) in [6.45, 7) is 3.67. The van der Waals surface area contributed by atoms with E-state index in [1.54, 1.807) is 15.3 Å². The summed E-state index contributed by atoms with van der Waals surface area (Å²) < 4.78 is 3.09. The van der Waals surface area contributed by atoms with Crippen LogP contribution in [0.25, 0.3) is 22.3 Å². The molecule has 37 heavy (non-hydrogen) atoms. The molecule has 3 aromatic heterocycles. The van der Waals surface area contributed by atoms with Gasteiger partial charge < -0.3 is 21.3 Å². The van der Waals surface area contributed by atoms with Gasteiger partial charge in [-0.3, -0.25) is 9.36 Å². The Bertz CT molecular complexity index is 1710. The third-order valence-electron chi connectivity index (χ3n) is 6.00. The van der Waals surface area contributed by atoms with Crippen molar-refractivity contribution in [2.75, 3.05) is 11.1 Å². The van der Waals surface area contributed by atoms with Crippen LogP contribution in [-0.2, 0) is 0 Å². The maximum absolute atomic E-state index is 13.6. The molecule has 1 atom stereocenters. The molecule has 2 aromatic carbocycles. The van der Waals surface area contributed by atoms with Crippen LogP contribution in [0.5, 0.6) is 5.75 Å². The molecule has 186 valence electrons. The molecule has 0 bridgehead atoms. The molecule has 3 heterocycles. The number of carboxylic acid groups (broad SMARTS) is 1. The van der Waals surface area contributed by atoms with Crippen LogP contribution in [0.3, 0.4) is 0 Å². The number of aromatic nitrogens is 5. The predicted molar refractivity (Wildman–Crippen MR) is 138 cm³/mol. The zero-order chi connectivity index (χ0) is 26.3. The van der Waals surface area contributed by atoms with E-state index < -0.39 is 12.0 Å². The maximum Gasteiger partial charge on any atom is 0.335 e. The van der Waals surface area contributed by atoms with Crippen molar-refractivity contribution in [2.24, 2.45) is 0 Å². The number of fused-ring (bicyclic) bond motifs is 1. The number of phenols is 1. The van der Waals surface area contributed by atoms with Crippen LogP contribution in [0.15, 0.2) is 71.9 Å². The van der Waals surface area contributed by atoms with Gasteiger partial charge in [-0.1, -0.05) is 18.2 Å². The molecule has 0 saturated carbocycles. The molecule has 11 heteroatoms. The molecule has 0 amide bonds. The second-order valence-electron chi connectivity index (χ2n) is 8.55. The molecule has 0 aliphatic rings. The first-order chi connectivity index (χ1) is 17.7. The monoisotopic (exact) mass is 497 g/mol. The van der Waals surface area contributed by atoms with E-state index in [2.05, 4.69) is 15.3 Å². The van der Waals surface area contributed by atoms with Gasteiger partial charge in [-0.15, -0.1) is 0 Å². The molecule has 0 aliphatic heterocycles. The standard InChI is InChI=1S/C26H23N7O4/c1-14-8-9-32-21(14)25(35)33(18-6-4-3-5-7-18)24(31-32)15(2)30-23-20(22(27)28-13-29-23)16-10-17(26(36)37)12-19(34)11-16/h3-13,15,34H,1-2H3,(H,36,37)(H3,27,28,29,30)/t15-/m0/s1. The number of aryl methyl sites for hydroxylation is 1. The smallest absolute Gasteiger partial charge is 0.335 e. The third-order valence-corrected chi connectivity index (χ3v) is 6.00. The van der Waals surface area contributed by atoms with Gasteiger partial charge in [0.25, 0.3) is 5.56 Å². The minimum absolute atomic E-state index is 0.0801. The number of carbonyl (C=O) groups is 1. The largest absolute Gasteiger partial charge is 0.508 e. The normalized spacial score (nSPS) is 11.9. The number of nitrogens with one attached hydrogen (secondary N) is 1. The molecule has 0 radical (unpaired) electrons. The van der Waals surface area contributed by atoms with Crippen LogP contribution in [0.1, 0.15) is 34.7 Å². The Balaban J connectivity index is 1.66. The van der Waals surface area contributed by atoms with Crippen molar-refractivity contribution in [2.45, 2.75) is 19.9 Å². The molecular weight excluding hydrogens is 474 g/mol. The Morgan fingerprint density at radius 2 is 1.86 bits per heavy atom. The summed E-state index contributed by atoms with van der Waals surface area (Å²) >= 11 is 0. The van der Waals surface area contributed by atoms with E-state index in [0.29, 0.717) is 28.2 Å². The van der Waals surface area contributed by atoms with Gasteiger partial charge in [0.2, 0.25) is 0 Å². The quantitative estimate of drug-likeness (QED) is 0.275. The lowest BCUT2D eigenvalue weighted by Crippen LogP contribution is -2.29. The number of benzene rings is 2. The second kappa shape index (κ2) is 9.11. The van der Waals surface area contributed by atoms with Crippen molar-refractivity contribution in [1.29, 1.82) is 0 Å². The topological polar surface area (TPSA) is 161 Å². The molecule has 0 spiro atoms. The van der Waals surface area contributed by atoms with Crippen LogP contribution in [0, 0.1) is 6.92 Å². The van der Waals surface area contributed by atoms with E-state index in [-0.39, 0.29) is 28.5 Å². The van der Waals surface area contributed by atoms with Crippen LogP contribution in [0.4, 0.5) is 11.6 Å². The summed E-state index contributed by atoms with van der Waals surface area (Å²) in [4.78, 5) is 33.5. The summed E-state index contributed by atoms with van der Waals surface area (Å²) in [5.41, 5.74) is 8.36. The average Bonchev–Trinajstić information content (AvgIpc) is 3.25. The van der Waals surface area contributed by atoms with Crippen molar-refractivity contribution in [1.82, 2.24) is 24.1 Å². The molecule has 5 N–H and O–H groups in total. The predicted octanol–water partition coefficient (Wildman–Crippen LogP) is 3.41. The summed E-state index contributed by atoms with van der Waals surface area (Å²) in [6.07, 6.45) is 3.00. The van der Waals surface area contributed by atoms with E-state index in [0.717, 1.165) is 11.6 Å². The van der Waals surface area contributed by atoms with Gasteiger partial charge >= 0.3 is 5.97 Å². The zero-order valence-electron chi connectivity index (χ0n) is 20.0. The number of aromatic carboxylic acids is 1. The number of aromatic hydroxyl groups is 1. The summed E-state index contributed by atoms with van der Waals surface area (Å²) in [7, 11) is 0. The fourth-order valence-corrected chi connectivity index (χ4v) is 4.28. The number of carboxylic acids is 1. The van der Waals surface area contributed by atoms with Crippen LogP contribution >= 0.6 is 0 Å². The fourth-order valence-electron chi connectivity index (χ4n) is 4.28. The van der Waals surface area contributed by atoms with E-state index in [9.17, 15) is 19.8 Å². The second-order valence-corrected chi connectivity index (χ2v) is 8.55. The van der Waals surface area contributed by atoms with Crippen LogP contribution in [-0.4, -0.2) is 40.3 Å². The molecule has 0 saturated heterocycles. The number of hydrogen-bond donors (Lipinski definition) is 4. The van der Waals surface area contributed by atoms with Crippen LogP contribution in [0.2, 0.25) is 0 Å². The molecular formula is C26H23N7O4. The first-order valence-electron chi connectivity index (χ1n) is 11.4. The highest BCUT2D eigenvalue weighted by Gasteiger charge is 2.22. The Kier molecular flexibility index (Phi) is 5.80. The van der Waals surface area contributed by atoms with E-state index >= 15 is 0 Å². The average molecular weight is 498 g/mol. The van der Waals surface area contributed by atoms with Gasteiger partial charge in [0.15, 0.2) is 5.82 Å².